The second-order valence-electron chi connectivity index (χ2n) is 18.6. The third-order valence-electron chi connectivity index (χ3n) is 15.1. The van der Waals surface area contributed by atoms with Gasteiger partial charge < -0.3 is 74.7 Å². The van der Waals surface area contributed by atoms with Crippen LogP contribution in [0.5, 0.6) is 0 Å². The van der Waals surface area contributed by atoms with E-state index in [1.807, 2.05) is 6.08 Å². The summed E-state index contributed by atoms with van der Waals surface area (Å²) < 4.78 is 28.8. The molecular weight excluding hydrogens is 720 g/mol. The van der Waals surface area contributed by atoms with Gasteiger partial charge in [-0.3, -0.25) is 0 Å². The van der Waals surface area contributed by atoms with Crippen molar-refractivity contribution in [3.8, 4) is 0 Å². The maximum absolute atomic E-state index is 12.8. The molecule has 0 aromatic carbocycles. The van der Waals surface area contributed by atoms with Crippen LogP contribution in [0, 0.1) is 46.3 Å². The molecule has 0 aromatic rings. The van der Waals surface area contributed by atoms with E-state index in [0.717, 1.165) is 5.57 Å². The Hall–Kier alpha value is -0.860. The van der Waals surface area contributed by atoms with E-state index in [2.05, 4.69) is 34.6 Å². The van der Waals surface area contributed by atoms with E-state index in [1.165, 1.54) is 7.11 Å². The summed E-state index contributed by atoms with van der Waals surface area (Å²) in [5, 5.41) is 109. The van der Waals surface area contributed by atoms with Crippen LogP contribution in [0.3, 0.4) is 0 Å². The van der Waals surface area contributed by atoms with Crippen molar-refractivity contribution in [2.24, 2.45) is 46.3 Å². The SMILES string of the molecule is CO[C@H]1[C@H](O[C@@H]2C=C3[C@H](O)C[C@]4(O)C(CC[C@@]5(C)C4C(O)[C@H](O)[C@@H]5[C@H](C)CCC(CO[C@@H]4O[C@@H](C(O)CO)[C@@H](O)[C@H]4O)C(C)C)[C@@]3(C)CC2)OC[C@@H](O)[C@@H]1O. The van der Waals surface area contributed by atoms with E-state index in [0.29, 0.717) is 38.5 Å². The number of fused-ring (bicyclic) bond motifs is 5. The summed E-state index contributed by atoms with van der Waals surface area (Å²) in [6, 6.07) is 0. The summed E-state index contributed by atoms with van der Waals surface area (Å²) in [6.45, 7) is 9.83. The molecule has 0 radical (unpaired) electrons. The zero-order chi connectivity index (χ0) is 40.4. The Morgan fingerprint density at radius 1 is 0.891 bits per heavy atom. The zero-order valence-electron chi connectivity index (χ0n) is 33.1. The molecule has 55 heavy (non-hydrogen) atoms. The van der Waals surface area contributed by atoms with Gasteiger partial charge in [-0.2, -0.15) is 0 Å². The monoisotopic (exact) mass is 788 g/mol. The lowest BCUT2D eigenvalue weighted by molar-refractivity contribution is -0.285. The van der Waals surface area contributed by atoms with Crippen LogP contribution in [0.25, 0.3) is 0 Å². The van der Waals surface area contributed by atoms with Crippen molar-refractivity contribution in [3.05, 3.63) is 11.6 Å². The molecule has 6 aliphatic rings. The Bertz CT molecular complexity index is 1330. The minimum atomic E-state index is -1.45. The van der Waals surface area contributed by atoms with Gasteiger partial charge >= 0.3 is 0 Å². The van der Waals surface area contributed by atoms with Gasteiger partial charge in [0.25, 0.3) is 0 Å². The summed E-state index contributed by atoms with van der Waals surface area (Å²) in [7, 11) is 1.42. The quantitative estimate of drug-likeness (QED) is 0.107. The fraction of sp³-hybridized carbons (Fsp3) is 0.950. The van der Waals surface area contributed by atoms with Crippen molar-refractivity contribution in [2.45, 2.75) is 165 Å². The minimum Gasteiger partial charge on any atom is -0.394 e. The average molecular weight is 789 g/mol. The van der Waals surface area contributed by atoms with E-state index in [4.69, 9.17) is 23.7 Å². The Morgan fingerprint density at radius 3 is 2.25 bits per heavy atom. The molecule has 0 aromatic heterocycles. The first kappa shape index (κ1) is 43.7. The molecule has 2 heterocycles. The van der Waals surface area contributed by atoms with Gasteiger partial charge in [-0.25, -0.2) is 0 Å². The molecule has 5 unspecified atom stereocenters. The van der Waals surface area contributed by atoms with Gasteiger partial charge in [-0.05, 0) is 84.5 Å². The molecular formula is C40H68O15. The Balaban J connectivity index is 1.13. The van der Waals surface area contributed by atoms with Crippen molar-refractivity contribution < 1.29 is 74.7 Å². The molecule has 21 atom stereocenters. The van der Waals surface area contributed by atoms with Gasteiger partial charge in [0.1, 0.15) is 42.7 Å². The second kappa shape index (κ2) is 16.7. The van der Waals surface area contributed by atoms with Crippen molar-refractivity contribution in [2.75, 3.05) is 26.9 Å². The van der Waals surface area contributed by atoms with Crippen LogP contribution in [0.2, 0.25) is 0 Å². The number of methoxy groups -OCH3 is 1. The molecule has 0 spiro atoms. The molecule has 6 rings (SSSR count). The number of hydrogen-bond donors (Lipinski definition) is 10. The predicted molar refractivity (Wildman–Crippen MR) is 195 cm³/mol. The van der Waals surface area contributed by atoms with Crippen molar-refractivity contribution >= 4 is 0 Å². The first-order valence-corrected chi connectivity index (χ1v) is 20.4. The van der Waals surface area contributed by atoms with E-state index in [9.17, 15) is 51.1 Å². The van der Waals surface area contributed by atoms with Gasteiger partial charge in [0.05, 0.1) is 49.8 Å². The smallest absolute Gasteiger partial charge is 0.187 e. The van der Waals surface area contributed by atoms with Gasteiger partial charge in [0.2, 0.25) is 0 Å². The van der Waals surface area contributed by atoms with Crippen LogP contribution in [0.15, 0.2) is 11.6 Å². The Labute approximate surface area is 324 Å². The lowest BCUT2D eigenvalue weighted by Crippen LogP contribution is -2.66. The van der Waals surface area contributed by atoms with Gasteiger partial charge in [0.15, 0.2) is 12.6 Å². The fourth-order valence-electron chi connectivity index (χ4n) is 12.1. The fourth-order valence-corrected chi connectivity index (χ4v) is 12.1. The molecule has 10 N–H and O–H groups in total. The standard InChI is InChI=1S/C40H68O15/c1-18(2)20(16-52-36-32(49)30(47)33(55-36)24(43)15-41)8-7-19(3)27-29(46)31(48)35-39(27,5)12-10-26-38(4)11-9-21(13-22(38)23(42)14-40(26,35)50)54-37-34(51-6)28(45)25(44)17-53-37/h13,18-21,23-37,41-50H,7-12,14-17H2,1-6H3/t19-,20?,21+,23-,24?,25-,26?,27+,28+,29-,30+,31?,32-,33+,34-,35?,36-,37+,38+,39-,40+/m1/s1. The third-order valence-corrected chi connectivity index (χ3v) is 15.1. The van der Waals surface area contributed by atoms with Crippen LogP contribution >= 0.6 is 0 Å². The molecule has 15 heteroatoms. The lowest BCUT2D eigenvalue weighted by Gasteiger charge is -2.64. The number of hydrogen-bond acceptors (Lipinski definition) is 15. The predicted octanol–water partition coefficient (Wildman–Crippen LogP) is -0.424. The molecule has 3 saturated carbocycles. The van der Waals surface area contributed by atoms with Crippen LogP contribution in [0.4, 0.5) is 0 Å². The second-order valence-corrected chi connectivity index (χ2v) is 18.6. The molecule has 4 aliphatic carbocycles. The van der Waals surface area contributed by atoms with Gasteiger partial charge in [-0.15, -0.1) is 0 Å². The van der Waals surface area contributed by atoms with Crippen molar-refractivity contribution in [1.82, 2.24) is 0 Å². The van der Waals surface area contributed by atoms with Crippen molar-refractivity contribution in [3.63, 3.8) is 0 Å². The van der Waals surface area contributed by atoms with Crippen molar-refractivity contribution in [1.29, 1.82) is 0 Å². The summed E-state index contributed by atoms with van der Waals surface area (Å²) in [5.74, 6) is -1.14. The van der Waals surface area contributed by atoms with E-state index >= 15 is 0 Å². The summed E-state index contributed by atoms with van der Waals surface area (Å²) >= 11 is 0. The molecule has 15 nitrogen and oxygen atoms in total. The maximum Gasteiger partial charge on any atom is 0.187 e. The number of aliphatic hydroxyl groups is 10. The number of aliphatic hydroxyl groups excluding tert-OH is 9. The summed E-state index contributed by atoms with van der Waals surface area (Å²) in [5.41, 5.74) is -1.89. The Kier molecular flexibility index (Phi) is 13.2. The van der Waals surface area contributed by atoms with E-state index in [1.54, 1.807) is 0 Å². The minimum absolute atomic E-state index is 0.00914. The number of ether oxygens (including phenoxy) is 5. The summed E-state index contributed by atoms with van der Waals surface area (Å²) in [6.07, 6.45) is -8.53. The first-order valence-electron chi connectivity index (χ1n) is 20.4. The highest BCUT2D eigenvalue weighted by molar-refractivity contribution is 5.33. The lowest BCUT2D eigenvalue weighted by atomic mass is 9.43. The van der Waals surface area contributed by atoms with Crippen LogP contribution in [-0.4, -0.2) is 163 Å². The molecule has 2 aliphatic heterocycles. The summed E-state index contributed by atoms with van der Waals surface area (Å²) in [4.78, 5) is 0. The molecule has 318 valence electrons. The molecule has 0 amide bonds. The highest BCUT2D eigenvalue weighted by atomic mass is 16.7. The van der Waals surface area contributed by atoms with Crippen LogP contribution < -0.4 is 0 Å². The highest BCUT2D eigenvalue weighted by Gasteiger charge is 2.72. The third kappa shape index (κ3) is 7.61. The Morgan fingerprint density at radius 2 is 1.60 bits per heavy atom. The maximum atomic E-state index is 12.8. The molecule has 2 saturated heterocycles. The molecule has 0 bridgehead atoms. The number of rotatable bonds is 13. The van der Waals surface area contributed by atoms with Gasteiger partial charge in [0, 0.05) is 19.4 Å². The largest absolute Gasteiger partial charge is 0.394 e. The van der Waals surface area contributed by atoms with Gasteiger partial charge in [-0.1, -0.05) is 40.7 Å². The topological polar surface area (TPSA) is 248 Å². The van der Waals surface area contributed by atoms with Crippen LogP contribution in [0.1, 0.15) is 79.6 Å². The van der Waals surface area contributed by atoms with E-state index < -0.39 is 109 Å². The normalized spacial score (nSPS) is 50.2. The molecule has 5 fully saturated rings. The van der Waals surface area contributed by atoms with E-state index in [-0.39, 0.29) is 49.2 Å². The average Bonchev–Trinajstić information content (AvgIpc) is 3.53. The van der Waals surface area contributed by atoms with Crippen LogP contribution in [-0.2, 0) is 23.7 Å². The first-order chi connectivity index (χ1) is 25.8. The highest BCUT2D eigenvalue weighted by Crippen LogP contribution is 2.69. The zero-order valence-corrected chi connectivity index (χ0v) is 33.1.